The third kappa shape index (κ3) is 3.35. The van der Waals surface area contributed by atoms with E-state index < -0.39 is 0 Å². The van der Waals surface area contributed by atoms with E-state index in [0.29, 0.717) is 6.54 Å². The van der Waals surface area contributed by atoms with Crippen molar-refractivity contribution < 1.29 is 4.52 Å². The smallest absolute Gasteiger partial charge is 0.150 e. The van der Waals surface area contributed by atoms with Crippen LogP contribution in [0.4, 0.5) is 0 Å². The first kappa shape index (κ1) is 11.5. The van der Waals surface area contributed by atoms with E-state index in [9.17, 15) is 0 Å². The van der Waals surface area contributed by atoms with Gasteiger partial charge in [-0.05, 0) is 0 Å². The Kier molecular flexibility index (Phi) is 7.53. The molecule has 0 aromatic carbocycles. The highest BCUT2D eigenvalue weighted by Crippen LogP contribution is 1.91. The van der Waals surface area contributed by atoms with Crippen LogP contribution in [-0.4, -0.2) is 5.16 Å². The molecular weight excluding hydrogens is 163 g/mol. The van der Waals surface area contributed by atoms with Gasteiger partial charge >= 0.3 is 0 Å². The second-order valence-corrected chi connectivity index (χ2v) is 1.18. The third-order valence-corrected chi connectivity index (χ3v) is 0.692. The Morgan fingerprint density at radius 2 is 2.22 bits per heavy atom. The van der Waals surface area contributed by atoms with Crippen LogP contribution < -0.4 is 5.73 Å². The molecule has 2 N–H and O–H groups in total. The summed E-state index contributed by atoms with van der Waals surface area (Å²) < 4.78 is 4.61. The zero-order valence-electron chi connectivity index (χ0n) is 4.61. The molecule has 0 atom stereocenters. The Balaban J connectivity index is 0. The number of aromatic nitrogens is 1. The summed E-state index contributed by atoms with van der Waals surface area (Å²) in [6.07, 6.45) is 1.57. The molecule has 0 aliphatic carbocycles. The Bertz CT molecular complexity index is 131. The summed E-state index contributed by atoms with van der Waals surface area (Å²) in [4.78, 5) is 0. The van der Waals surface area contributed by atoms with Crippen LogP contribution in [0.1, 0.15) is 5.76 Å². The minimum atomic E-state index is 0. The van der Waals surface area contributed by atoms with Crippen molar-refractivity contribution >= 4 is 24.8 Å². The van der Waals surface area contributed by atoms with E-state index in [-0.39, 0.29) is 24.8 Å². The SMILES string of the molecule is Cl.Cl.NCc1ccno1. The monoisotopic (exact) mass is 170 g/mol. The Morgan fingerprint density at radius 1 is 1.56 bits per heavy atom. The summed E-state index contributed by atoms with van der Waals surface area (Å²) in [5.41, 5.74) is 5.16. The van der Waals surface area contributed by atoms with Crippen LogP contribution in [0.15, 0.2) is 16.8 Å². The minimum Gasteiger partial charge on any atom is -0.360 e. The Morgan fingerprint density at radius 3 is 2.44 bits per heavy atom. The van der Waals surface area contributed by atoms with Gasteiger partial charge in [0.15, 0.2) is 0 Å². The highest BCUT2D eigenvalue weighted by atomic mass is 35.5. The minimum absolute atomic E-state index is 0. The fraction of sp³-hybridized carbons (Fsp3) is 0.250. The predicted molar refractivity (Wildman–Crippen MR) is 38.9 cm³/mol. The zero-order valence-corrected chi connectivity index (χ0v) is 6.24. The van der Waals surface area contributed by atoms with Gasteiger partial charge in [-0.2, -0.15) is 0 Å². The van der Waals surface area contributed by atoms with Crippen LogP contribution >= 0.6 is 24.8 Å². The van der Waals surface area contributed by atoms with Crippen LogP contribution in [0.25, 0.3) is 0 Å². The zero-order chi connectivity index (χ0) is 5.11. The molecule has 0 fully saturated rings. The molecule has 0 bridgehead atoms. The predicted octanol–water partition coefficient (Wildman–Crippen LogP) is 0.977. The first-order valence-corrected chi connectivity index (χ1v) is 2.03. The summed E-state index contributed by atoms with van der Waals surface area (Å²) in [5.74, 6) is 0.722. The lowest BCUT2D eigenvalue weighted by Gasteiger charge is -1.77. The lowest BCUT2D eigenvalue weighted by molar-refractivity contribution is 0.385. The first-order valence-electron chi connectivity index (χ1n) is 2.03. The van der Waals surface area contributed by atoms with Crippen LogP contribution in [0.3, 0.4) is 0 Å². The van der Waals surface area contributed by atoms with Gasteiger partial charge in [0.1, 0.15) is 5.76 Å². The quantitative estimate of drug-likeness (QED) is 0.684. The number of halogens is 2. The van der Waals surface area contributed by atoms with Gasteiger partial charge in [0, 0.05) is 6.07 Å². The van der Waals surface area contributed by atoms with E-state index in [4.69, 9.17) is 5.73 Å². The maximum atomic E-state index is 5.16. The lowest BCUT2D eigenvalue weighted by atomic mass is 10.5. The fourth-order valence-corrected chi connectivity index (χ4v) is 0.347. The van der Waals surface area contributed by atoms with Gasteiger partial charge in [-0.1, -0.05) is 5.16 Å². The Labute approximate surface area is 65.4 Å². The molecule has 0 aliphatic heterocycles. The van der Waals surface area contributed by atoms with Gasteiger partial charge < -0.3 is 10.3 Å². The summed E-state index contributed by atoms with van der Waals surface area (Å²) >= 11 is 0. The molecule has 0 saturated heterocycles. The molecule has 3 nitrogen and oxygen atoms in total. The van der Waals surface area contributed by atoms with Crippen molar-refractivity contribution in [3.8, 4) is 0 Å². The molecule has 0 amide bonds. The second kappa shape index (κ2) is 5.88. The number of hydrogen-bond donors (Lipinski definition) is 1. The van der Waals surface area contributed by atoms with Crippen LogP contribution in [0, 0.1) is 0 Å². The van der Waals surface area contributed by atoms with Crippen LogP contribution in [0.2, 0.25) is 0 Å². The van der Waals surface area contributed by atoms with E-state index in [2.05, 4.69) is 9.68 Å². The summed E-state index contributed by atoms with van der Waals surface area (Å²) in [6.45, 7) is 0.431. The fourth-order valence-electron chi connectivity index (χ4n) is 0.347. The molecule has 9 heavy (non-hydrogen) atoms. The van der Waals surface area contributed by atoms with E-state index in [0.717, 1.165) is 5.76 Å². The molecular formula is C4H8Cl2N2O. The average molecular weight is 171 g/mol. The summed E-state index contributed by atoms with van der Waals surface area (Å²) in [5, 5.41) is 3.44. The van der Waals surface area contributed by atoms with Crippen LogP contribution in [-0.2, 0) is 6.54 Å². The van der Waals surface area contributed by atoms with Gasteiger partial charge in [0.2, 0.25) is 0 Å². The van der Waals surface area contributed by atoms with Gasteiger partial charge in [-0.25, -0.2) is 0 Å². The van der Waals surface area contributed by atoms with Gasteiger partial charge in [-0.3, -0.25) is 0 Å². The van der Waals surface area contributed by atoms with Crippen molar-refractivity contribution in [2.75, 3.05) is 0 Å². The van der Waals surface area contributed by atoms with E-state index in [1.165, 1.54) is 0 Å². The first-order chi connectivity index (χ1) is 3.43. The molecule has 1 rings (SSSR count). The average Bonchev–Trinajstić information content (AvgIpc) is 2.14. The molecule has 0 spiro atoms. The molecule has 0 aliphatic rings. The normalized spacial score (nSPS) is 7.22. The van der Waals surface area contributed by atoms with Crippen molar-refractivity contribution in [2.45, 2.75) is 6.54 Å². The molecule has 1 heterocycles. The maximum absolute atomic E-state index is 5.16. The molecule has 0 unspecified atom stereocenters. The number of hydrogen-bond acceptors (Lipinski definition) is 3. The Hall–Kier alpha value is -0.250. The molecule has 1 aromatic heterocycles. The van der Waals surface area contributed by atoms with E-state index in [1.807, 2.05) is 0 Å². The van der Waals surface area contributed by atoms with Gasteiger partial charge in [-0.15, -0.1) is 24.8 Å². The molecule has 54 valence electrons. The van der Waals surface area contributed by atoms with Crippen LogP contribution in [0.5, 0.6) is 0 Å². The van der Waals surface area contributed by atoms with Crippen molar-refractivity contribution in [3.05, 3.63) is 18.0 Å². The van der Waals surface area contributed by atoms with Crippen molar-refractivity contribution in [1.82, 2.24) is 5.16 Å². The largest absolute Gasteiger partial charge is 0.360 e. The van der Waals surface area contributed by atoms with Crippen molar-refractivity contribution in [1.29, 1.82) is 0 Å². The maximum Gasteiger partial charge on any atom is 0.150 e. The van der Waals surface area contributed by atoms with Gasteiger partial charge in [0.25, 0.3) is 0 Å². The second-order valence-electron chi connectivity index (χ2n) is 1.18. The summed E-state index contributed by atoms with van der Waals surface area (Å²) in [7, 11) is 0. The highest BCUT2D eigenvalue weighted by molar-refractivity contribution is 5.85. The molecule has 5 heteroatoms. The van der Waals surface area contributed by atoms with E-state index >= 15 is 0 Å². The topological polar surface area (TPSA) is 52.0 Å². The summed E-state index contributed by atoms with van der Waals surface area (Å²) in [6, 6.07) is 1.74. The number of rotatable bonds is 1. The molecule has 1 aromatic rings. The molecule has 0 radical (unpaired) electrons. The lowest BCUT2D eigenvalue weighted by Crippen LogP contribution is -1.92. The van der Waals surface area contributed by atoms with Crippen molar-refractivity contribution in [2.24, 2.45) is 5.73 Å². The standard InChI is InChI=1S/C4H6N2O.2ClH/c5-3-4-1-2-6-7-4;;/h1-2H,3,5H2;2*1H. The number of nitrogens with zero attached hydrogens (tertiary/aromatic N) is 1. The number of nitrogens with two attached hydrogens (primary N) is 1. The third-order valence-electron chi connectivity index (χ3n) is 0.692. The highest BCUT2D eigenvalue weighted by Gasteiger charge is 1.86. The van der Waals surface area contributed by atoms with E-state index in [1.54, 1.807) is 12.3 Å². The van der Waals surface area contributed by atoms with Gasteiger partial charge in [0.05, 0.1) is 12.7 Å². The molecule has 0 saturated carbocycles. The van der Waals surface area contributed by atoms with Crippen molar-refractivity contribution in [3.63, 3.8) is 0 Å².